The summed E-state index contributed by atoms with van der Waals surface area (Å²) in [6.45, 7) is 2.42. The molecule has 0 atom stereocenters. The van der Waals surface area contributed by atoms with Crippen LogP contribution in [-0.2, 0) is 5.67 Å². The van der Waals surface area contributed by atoms with Gasteiger partial charge in [-0.05, 0) is 43.2 Å². The summed E-state index contributed by atoms with van der Waals surface area (Å²) in [6, 6.07) is 4.87. The minimum absolute atomic E-state index is 0.0297. The molecule has 33 heavy (non-hydrogen) atoms. The highest BCUT2D eigenvalue weighted by atomic mass is 35.5. The monoisotopic (exact) mass is 495 g/mol. The second-order valence-electron chi connectivity index (χ2n) is 7.16. The van der Waals surface area contributed by atoms with E-state index in [-0.39, 0.29) is 38.7 Å². The number of benzene rings is 2. The van der Waals surface area contributed by atoms with E-state index < -0.39 is 29.6 Å². The third kappa shape index (κ3) is 4.14. The Morgan fingerprint density at radius 2 is 1.52 bits per heavy atom. The molecule has 0 radical (unpaired) electrons. The van der Waals surface area contributed by atoms with Crippen LogP contribution in [0.3, 0.4) is 0 Å². The first-order valence-electron chi connectivity index (χ1n) is 8.98. The zero-order valence-electron chi connectivity index (χ0n) is 16.7. The Labute approximate surface area is 186 Å². The molecule has 2 aromatic carbocycles. The Balaban J connectivity index is 2.10. The summed E-state index contributed by atoms with van der Waals surface area (Å²) < 4.78 is 94.3. The third-order valence-corrected chi connectivity index (χ3v) is 5.24. The molecule has 13 heteroatoms. The maximum atomic E-state index is 14.5. The van der Waals surface area contributed by atoms with Crippen molar-refractivity contribution in [1.29, 1.82) is 0 Å². The highest BCUT2D eigenvalue weighted by molar-refractivity contribution is 6.33. The van der Waals surface area contributed by atoms with Crippen molar-refractivity contribution in [1.82, 2.24) is 15.0 Å². The number of halogens is 8. The molecule has 0 saturated carbocycles. The fourth-order valence-corrected chi connectivity index (χ4v) is 3.58. The largest absolute Gasteiger partial charge is 0.478 e. The van der Waals surface area contributed by atoms with Crippen LogP contribution in [0.25, 0.3) is 16.9 Å². The number of aromatic nitrogens is 3. The molecule has 0 spiro atoms. The maximum absolute atomic E-state index is 14.5. The van der Waals surface area contributed by atoms with Gasteiger partial charge < -0.3 is 5.11 Å². The van der Waals surface area contributed by atoms with E-state index in [0.717, 1.165) is 4.68 Å². The normalized spacial score (nSPS) is 12.8. The summed E-state index contributed by atoms with van der Waals surface area (Å²) in [6.07, 6.45) is -11.2. The molecule has 0 aliphatic carbocycles. The van der Waals surface area contributed by atoms with Gasteiger partial charge in [0.2, 0.25) is 0 Å². The first kappa shape index (κ1) is 24.5. The fourth-order valence-electron chi connectivity index (χ4n) is 3.38. The molecule has 0 saturated heterocycles. The number of carboxylic acids is 1. The van der Waals surface area contributed by atoms with Crippen molar-refractivity contribution in [2.45, 2.75) is 31.9 Å². The number of aromatic carboxylic acids is 1. The standard InChI is InChI=1S/C20H13ClF7N3O2/c1-9-5-11(18(22,19(23,24)25)20(26,27)28)6-10(2)16(9)15-8-31(30-29-15)12-3-4-14(21)13(7-12)17(32)33/h3-8H,1-2H3,(H,32,33). The molecular formula is C20H13ClF7N3O2. The molecule has 0 fully saturated rings. The number of nitrogens with zero attached hydrogens (tertiary/aromatic N) is 3. The molecule has 0 amide bonds. The predicted octanol–water partition coefficient (Wildman–Crippen LogP) is 6.19. The van der Waals surface area contributed by atoms with E-state index >= 15 is 0 Å². The van der Waals surface area contributed by atoms with Gasteiger partial charge in [-0.1, -0.05) is 28.9 Å². The molecule has 0 aliphatic rings. The zero-order chi connectivity index (χ0) is 24.9. The van der Waals surface area contributed by atoms with Crippen molar-refractivity contribution in [2.75, 3.05) is 0 Å². The van der Waals surface area contributed by atoms with E-state index in [4.69, 9.17) is 11.6 Å². The number of alkyl halides is 7. The van der Waals surface area contributed by atoms with Gasteiger partial charge in [-0.3, -0.25) is 0 Å². The zero-order valence-corrected chi connectivity index (χ0v) is 17.4. The lowest BCUT2D eigenvalue weighted by Gasteiger charge is -2.31. The second-order valence-corrected chi connectivity index (χ2v) is 7.56. The Bertz CT molecular complexity index is 1200. The van der Waals surface area contributed by atoms with Crippen molar-refractivity contribution in [3.63, 3.8) is 0 Å². The van der Waals surface area contributed by atoms with Gasteiger partial charge in [0.25, 0.3) is 0 Å². The van der Waals surface area contributed by atoms with Gasteiger partial charge in [-0.15, -0.1) is 5.10 Å². The lowest BCUT2D eigenvalue weighted by molar-refractivity contribution is -0.348. The van der Waals surface area contributed by atoms with Gasteiger partial charge in [-0.25, -0.2) is 13.9 Å². The van der Waals surface area contributed by atoms with E-state index in [9.17, 15) is 40.6 Å². The molecule has 3 rings (SSSR count). The molecule has 0 aliphatic heterocycles. The van der Waals surface area contributed by atoms with Crippen molar-refractivity contribution >= 4 is 17.6 Å². The summed E-state index contributed by atoms with van der Waals surface area (Å²) in [5, 5.41) is 16.8. The van der Waals surface area contributed by atoms with E-state index in [1.54, 1.807) is 0 Å². The molecule has 0 unspecified atom stereocenters. The van der Waals surface area contributed by atoms with Gasteiger partial charge >= 0.3 is 24.0 Å². The van der Waals surface area contributed by atoms with Crippen LogP contribution in [0.15, 0.2) is 36.5 Å². The van der Waals surface area contributed by atoms with Crippen LogP contribution in [0, 0.1) is 13.8 Å². The molecule has 5 nitrogen and oxygen atoms in total. The smallest absolute Gasteiger partial charge is 0.435 e. The topological polar surface area (TPSA) is 68.0 Å². The van der Waals surface area contributed by atoms with Gasteiger partial charge in [0.05, 0.1) is 22.5 Å². The molecule has 1 aromatic heterocycles. The van der Waals surface area contributed by atoms with E-state index in [0.29, 0.717) is 12.1 Å². The van der Waals surface area contributed by atoms with Gasteiger partial charge in [0.1, 0.15) is 5.69 Å². The van der Waals surface area contributed by atoms with Crippen molar-refractivity contribution < 1.29 is 40.6 Å². The van der Waals surface area contributed by atoms with Crippen LogP contribution in [-0.4, -0.2) is 38.4 Å². The van der Waals surface area contributed by atoms with E-state index in [1.165, 1.54) is 38.2 Å². The maximum Gasteiger partial charge on any atom is 0.435 e. The van der Waals surface area contributed by atoms with E-state index in [2.05, 4.69) is 10.3 Å². The van der Waals surface area contributed by atoms with Crippen LogP contribution >= 0.6 is 11.6 Å². The first-order chi connectivity index (χ1) is 15.1. The summed E-state index contributed by atoms with van der Waals surface area (Å²) in [5.41, 5.74) is -7.14. The lowest BCUT2D eigenvalue weighted by atomic mass is 9.88. The second kappa shape index (κ2) is 8.01. The summed E-state index contributed by atoms with van der Waals surface area (Å²) in [5.74, 6) is -1.30. The molecular weight excluding hydrogens is 483 g/mol. The molecule has 1 N–H and O–H groups in total. The summed E-state index contributed by atoms with van der Waals surface area (Å²) in [4.78, 5) is 11.3. The minimum atomic E-state index is -6.23. The number of rotatable bonds is 4. The Hall–Kier alpha value is -3.15. The molecule has 0 bridgehead atoms. The van der Waals surface area contributed by atoms with Gasteiger partial charge in [0.15, 0.2) is 0 Å². The Morgan fingerprint density at radius 1 is 0.970 bits per heavy atom. The predicted molar refractivity (Wildman–Crippen MR) is 103 cm³/mol. The van der Waals surface area contributed by atoms with E-state index in [1.807, 2.05) is 0 Å². The summed E-state index contributed by atoms with van der Waals surface area (Å²) in [7, 11) is 0. The van der Waals surface area contributed by atoms with Crippen LogP contribution in [0.5, 0.6) is 0 Å². The number of aryl methyl sites for hydroxylation is 2. The van der Waals surface area contributed by atoms with Crippen LogP contribution in [0.2, 0.25) is 5.02 Å². The van der Waals surface area contributed by atoms with Crippen molar-refractivity contribution in [3.05, 3.63) is 63.8 Å². The SMILES string of the molecule is Cc1cc(C(F)(C(F)(F)F)C(F)(F)F)cc(C)c1-c1cn(-c2ccc(Cl)c(C(=O)O)c2)nn1. The number of carboxylic acid groups (broad SMARTS) is 1. The summed E-state index contributed by atoms with van der Waals surface area (Å²) >= 11 is 5.82. The highest BCUT2D eigenvalue weighted by Crippen LogP contribution is 2.53. The molecule has 3 aromatic rings. The molecule has 1 heterocycles. The van der Waals surface area contributed by atoms with Crippen molar-refractivity contribution in [3.8, 4) is 16.9 Å². The minimum Gasteiger partial charge on any atom is -0.478 e. The van der Waals surface area contributed by atoms with Gasteiger partial charge in [-0.2, -0.15) is 26.3 Å². The first-order valence-corrected chi connectivity index (χ1v) is 9.35. The molecule has 176 valence electrons. The number of carbonyl (C=O) groups is 1. The third-order valence-electron chi connectivity index (χ3n) is 4.91. The highest BCUT2D eigenvalue weighted by Gasteiger charge is 2.73. The van der Waals surface area contributed by atoms with Crippen LogP contribution in [0.1, 0.15) is 27.0 Å². The quantitative estimate of drug-likeness (QED) is 0.438. The Morgan fingerprint density at radius 3 is 2.00 bits per heavy atom. The van der Waals surface area contributed by atoms with Crippen LogP contribution in [0.4, 0.5) is 30.7 Å². The van der Waals surface area contributed by atoms with Crippen LogP contribution < -0.4 is 0 Å². The lowest BCUT2D eigenvalue weighted by Crippen LogP contribution is -2.50. The number of hydrogen-bond acceptors (Lipinski definition) is 3. The average Bonchev–Trinajstić information content (AvgIpc) is 3.14. The number of hydrogen-bond donors (Lipinski definition) is 1. The Kier molecular flexibility index (Phi) is 5.95. The van der Waals surface area contributed by atoms with Crippen molar-refractivity contribution in [2.24, 2.45) is 0 Å². The van der Waals surface area contributed by atoms with Gasteiger partial charge in [0, 0.05) is 11.1 Å². The average molecular weight is 496 g/mol. The fraction of sp³-hybridized carbons (Fsp3) is 0.250.